The molecular formula is C14H27Cl2N5O3S. The molecule has 0 atom stereocenters. The van der Waals surface area contributed by atoms with Crippen molar-refractivity contribution in [3.8, 4) is 0 Å². The molecule has 1 aromatic rings. The van der Waals surface area contributed by atoms with Gasteiger partial charge in [0.1, 0.15) is 12.4 Å². The Morgan fingerprint density at radius 2 is 1.96 bits per heavy atom. The molecule has 0 amide bonds. The van der Waals surface area contributed by atoms with Crippen molar-refractivity contribution in [2.45, 2.75) is 31.4 Å². The van der Waals surface area contributed by atoms with Crippen LogP contribution in [0.5, 0.6) is 0 Å². The minimum atomic E-state index is -3.23. The second-order valence-corrected chi connectivity index (χ2v) is 8.28. The first-order chi connectivity index (χ1) is 10.8. The summed E-state index contributed by atoms with van der Waals surface area (Å²) < 4.78 is 29.9. The third-order valence-corrected chi connectivity index (χ3v) is 5.71. The van der Waals surface area contributed by atoms with Crippen molar-refractivity contribution in [1.82, 2.24) is 14.3 Å². The zero-order valence-electron chi connectivity index (χ0n) is 14.6. The number of nitrogens with one attached hydrogen (secondary N) is 1. The van der Waals surface area contributed by atoms with E-state index in [1.54, 1.807) is 7.11 Å². The normalized spacial score (nSPS) is 19.6. The van der Waals surface area contributed by atoms with Crippen LogP contribution in [0, 0.1) is 0 Å². The first-order valence-corrected chi connectivity index (χ1v) is 9.19. The maximum Gasteiger partial charge on any atom is 0.215 e. The Balaban J connectivity index is 0.00000288. The second kappa shape index (κ2) is 10.4. The molecule has 1 aliphatic rings. The van der Waals surface area contributed by atoms with E-state index in [1.807, 2.05) is 6.07 Å². The predicted molar refractivity (Wildman–Crippen MR) is 103 cm³/mol. The Morgan fingerprint density at radius 3 is 2.48 bits per heavy atom. The van der Waals surface area contributed by atoms with Gasteiger partial charge in [-0.2, -0.15) is 0 Å². The van der Waals surface area contributed by atoms with Gasteiger partial charge in [-0.1, -0.05) is 0 Å². The summed E-state index contributed by atoms with van der Waals surface area (Å²) in [6, 6.07) is 2.11. The van der Waals surface area contributed by atoms with Crippen LogP contribution in [0.3, 0.4) is 0 Å². The number of ether oxygens (including phenoxy) is 1. The van der Waals surface area contributed by atoms with Gasteiger partial charge in [-0.15, -0.1) is 24.8 Å². The second-order valence-electron chi connectivity index (χ2n) is 5.98. The topological polar surface area (TPSA) is 110 Å². The molecule has 11 heteroatoms. The van der Waals surface area contributed by atoms with E-state index in [0.29, 0.717) is 24.2 Å². The minimum Gasteiger partial charge on any atom is -0.377 e. The van der Waals surface area contributed by atoms with Crippen LogP contribution in [0.1, 0.15) is 30.3 Å². The monoisotopic (exact) mass is 415 g/mol. The maximum absolute atomic E-state index is 11.8. The van der Waals surface area contributed by atoms with Gasteiger partial charge < -0.3 is 15.8 Å². The minimum absolute atomic E-state index is 0. The molecule has 0 bridgehead atoms. The van der Waals surface area contributed by atoms with Crippen molar-refractivity contribution >= 4 is 40.7 Å². The van der Waals surface area contributed by atoms with Gasteiger partial charge in [-0.25, -0.2) is 22.7 Å². The Morgan fingerprint density at radius 1 is 1.32 bits per heavy atom. The molecule has 2 rings (SSSR count). The fourth-order valence-electron chi connectivity index (χ4n) is 2.41. The van der Waals surface area contributed by atoms with Crippen LogP contribution in [0.4, 0.5) is 5.82 Å². The number of sulfonamides is 1. The number of anilines is 1. The lowest BCUT2D eigenvalue weighted by Crippen LogP contribution is -2.35. The van der Waals surface area contributed by atoms with Gasteiger partial charge in [0.05, 0.1) is 5.75 Å². The van der Waals surface area contributed by atoms with Gasteiger partial charge in [-0.3, -0.25) is 0 Å². The molecule has 1 aliphatic carbocycles. The summed E-state index contributed by atoms with van der Waals surface area (Å²) >= 11 is 0. The van der Waals surface area contributed by atoms with E-state index in [2.05, 4.69) is 15.3 Å². The smallest absolute Gasteiger partial charge is 0.215 e. The van der Waals surface area contributed by atoms with Gasteiger partial charge in [0.2, 0.25) is 10.0 Å². The molecule has 1 fully saturated rings. The largest absolute Gasteiger partial charge is 0.377 e. The summed E-state index contributed by atoms with van der Waals surface area (Å²) in [6.45, 7) is 0.602. The van der Waals surface area contributed by atoms with Gasteiger partial charge in [-0.05, 0) is 12.8 Å². The van der Waals surface area contributed by atoms with Crippen LogP contribution in [-0.2, 0) is 21.4 Å². The number of rotatable bonds is 8. The number of aromatic nitrogens is 2. The van der Waals surface area contributed by atoms with Crippen LogP contribution in [0.15, 0.2) is 6.07 Å². The van der Waals surface area contributed by atoms with E-state index >= 15 is 0 Å². The van der Waals surface area contributed by atoms with E-state index < -0.39 is 10.0 Å². The van der Waals surface area contributed by atoms with Crippen LogP contribution in [0.2, 0.25) is 0 Å². The highest BCUT2D eigenvalue weighted by molar-refractivity contribution is 7.89. The number of methoxy groups -OCH3 is 1. The number of hydrogen-bond donors (Lipinski definition) is 2. The standard InChI is InChI=1S/C14H25N5O3S.2ClH/c1-19(2)23(20,21)5-4-16-13-8-12(10-6-11(15)7-10)17-14(18-13)9-22-3;;/h8,10-11H,4-7,9,15H2,1-3H3,(H,16,17,18);2*1H. The lowest BCUT2D eigenvalue weighted by atomic mass is 9.78. The number of hydrogen-bond acceptors (Lipinski definition) is 7. The van der Waals surface area contributed by atoms with Crippen molar-refractivity contribution < 1.29 is 13.2 Å². The van der Waals surface area contributed by atoms with Gasteiger partial charge in [0.15, 0.2) is 5.82 Å². The van der Waals surface area contributed by atoms with E-state index in [0.717, 1.165) is 18.5 Å². The van der Waals surface area contributed by atoms with Crippen LogP contribution >= 0.6 is 24.8 Å². The van der Waals surface area contributed by atoms with Crippen molar-refractivity contribution in [3.05, 3.63) is 17.6 Å². The quantitative estimate of drug-likeness (QED) is 0.650. The summed E-state index contributed by atoms with van der Waals surface area (Å²) in [5.74, 6) is 1.56. The van der Waals surface area contributed by atoms with Crippen molar-refractivity contribution in [1.29, 1.82) is 0 Å². The third-order valence-electron chi connectivity index (χ3n) is 3.88. The highest BCUT2D eigenvalue weighted by Gasteiger charge is 2.29. The average Bonchev–Trinajstić information content (AvgIpc) is 2.43. The van der Waals surface area contributed by atoms with E-state index in [1.165, 1.54) is 18.4 Å². The average molecular weight is 416 g/mol. The maximum atomic E-state index is 11.8. The molecule has 0 radical (unpaired) electrons. The molecular weight excluding hydrogens is 389 g/mol. The summed E-state index contributed by atoms with van der Waals surface area (Å²) in [5, 5.41) is 3.07. The third kappa shape index (κ3) is 6.84. The molecule has 1 aromatic heterocycles. The SMILES string of the molecule is COCc1nc(NCCS(=O)(=O)N(C)C)cc(C2CC(N)C2)n1.Cl.Cl. The summed E-state index contributed by atoms with van der Waals surface area (Å²) in [6.07, 6.45) is 1.83. The zero-order valence-corrected chi connectivity index (χ0v) is 17.1. The van der Waals surface area contributed by atoms with E-state index in [-0.39, 0.29) is 43.2 Å². The predicted octanol–water partition coefficient (Wildman–Crippen LogP) is 0.975. The molecule has 0 unspecified atom stereocenters. The van der Waals surface area contributed by atoms with Crippen molar-refractivity contribution in [3.63, 3.8) is 0 Å². The molecule has 0 spiro atoms. The molecule has 146 valence electrons. The molecule has 1 heterocycles. The summed E-state index contributed by atoms with van der Waals surface area (Å²) in [4.78, 5) is 8.87. The highest BCUT2D eigenvalue weighted by atomic mass is 35.5. The molecule has 0 aromatic carbocycles. The first kappa shape index (κ1) is 24.3. The lowest BCUT2D eigenvalue weighted by Gasteiger charge is -2.32. The Bertz CT molecular complexity index is 639. The Hall–Kier alpha value is -0.710. The summed E-state index contributed by atoms with van der Waals surface area (Å²) in [5.41, 5.74) is 6.78. The number of nitrogens with two attached hydrogens (primary N) is 1. The molecule has 1 saturated carbocycles. The van der Waals surface area contributed by atoms with E-state index in [9.17, 15) is 8.42 Å². The van der Waals surface area contributed by atoms with Crippen molar-refractivity contribution in [2.24, 2.45) is 5.73 Å². The van der Waals surface area contributed by atoms with Crippen LogP contribution < -0.4 is 11.1 Å². The fourth-order valence-corrected chi connectivity index (χ4v) is 3.13. The van der Waals surface area contributed by atoms with Crippen LogP contribution in [0.25, 0.3) is 0 Å². The van der Waals surface area contributed by atoms with Crippen LogP contribution in [-0.4, -0.2) is 62.2 Å². The Labute approximate surface area is 161 Å². The summed E-state index contributed by atoms with van der Waals surface area (Å²) in [7, 11) is 1.40. The molecule has 0 aliphatic heterocycles. The van der Waals surface area contributed by atoms with Gasteiger partial charge in [0, 0.05) is 51.5 Å². The van der Waals surface area contributed by atoms with Gasteiger partial charge >= 0.3 is 0 Å². The van der Waals surface area contributed by atoms with Crippen molar-refractivity contribution in [2.75, 3.05) is 38.8 Å². The first-order valence-electron chi connectivity index (χ1n) is 7.58. The van der Waals surface area contributed by atoms with Gasteiger partial charge in [0.25, 0.3) is 0 Å². The number of halogens is 2. The molecule has 0 saturated heterocycles. The Kier molecular flexibility index (Phi) is 10.1. The zero-order chi connectivity index (χ0) is 17.0. The number of nitrogens with zero attached hydrogens (tertiary/aromatic N) is 3. The lowest BCUT2D eigenvalue weighted by molar-refractivity contribution is 0.177. The molecule has 25 heavy (non-hydrogen) atoms. The molecule has 8 nitrogen and oxygen atoms in total. The highest BCUT2D eigenvalue weighted by Crippen LogP contribution is 2.35. The van der Waals surface area contributed by atoms with E-state index in [4.69, 9.17) is 10.5 Å². The molecule has 3 N–H and O–H groups in total. The fraction of sp³-hybridized carbons (Fsp3) is 0.714.